The SMILES string of the molecule is CCOc1cc(/C=C/C(=O)OCC(=O)c2ccc3c(c2)CCC3)cc(Cl)c1OC. The number of ether oxygens (including phenoxy) is 3. The second kappa shape index (κ2) is 9.61. The van der Waals surface area contributed by atoms with Crippen molar-refractivity contribution < 1.29 is 23.8 Å². The molecule has 0 unspecified atom stereocenters. The van der Waals surface area contributed by atoms with Crippen molar-refractivity contribution in [3.05, 3.63) is 63.7 Å². The summed E-state index contributed by atoms with van der Waals surface area (Å²) in [5.41, 5.74) is 3.74. The van der Waals surface area contributed by atoms with Crippen LogP contribution in [0.3, 0.4) is 0 Å². The molecule has 29 heavy (non-hydrogen) atoms. The minimum Gasteiger partial charge on any atom is -0.491 e. The van der Waals surface area contributed by atoms with Crippen LogP contribution in [-0.4, -0.2) is 32.1 Å². The van der Waals surface area contributed by atoms with Crippen molar-refractivity contribution in [2.24, 2.45) is 0 Å². The first kappa shape index (κ1) is 20.9. The number of hydrogen-bond acceptors (Lipinski definition) is 5. The Morgan fingerprint density at radius 3 is 2.69 bits per heavy atom. The highest BCUT2D eigenvalue weighted by Crippen LogP contribution is 2.36. The van der Waals surface area contributed by atoms with E-state index in [-0.39, 0.29) is 12.4 Å². The minimum absolute atomic E-state index is 0.215. The highest BCUT2D eigenvalue weighted by molar-refractivity contribution is 6.32. The first-order chi connectivity index (χ1) is 14.0. The lowest BCUT2D eigenvalue weighted by molar-refractivity contribution is -0.136. The van der Waals surface area contributed by atoms with E-state index in [4.69, 9.17) is 25.8 Å². The van der Waals surface area contributed by atoms with Crippen molar-refractivity contribution in [2.75, 3.05) is 20.3 Å². The van der Waals surface area contributed by atoms with Gasteiger partial charge in [-0.2, -0.15) is 0 Å². The summed E-state index contributed by atoms with van der Waals surface area (Å²) in [4.78, 5) is 24.3. The molecule has 0 spiro atoms. The lowest BCUT2D eigenvalue weighted by Gasteiger charge is -2.11. The summed E-state index contributed by atoms with van der Waals surface area (Å²) in [6.07, 6.45) is 5.98. The van der Waals surface area contributed by atoms with Crippen LogP contribution in [0.25, 0.3) is 6.08 Å². The number of rotatable bonds is 8. The minimum atomic E-state index is -0.607. The van der Waals surface area contributed by atoms with Gasteiger partial charge in [0.1, 0.15) is 0 Å². The number of Topliss-reactive ketones (excluding diaryl/α,β-unsaturated/α-hetero) is 1. The molecule has 0 radical (unpaired) electrons. The molecule has 0 aliphatic heterocycles. The standard InChI is InChI=1S/C23H23ClO5/c1-3-28-21-12-15(11-19(24)23(21)27-2)7-10-22(26)29-14-20(25)18-9-8-16-5-4-6-17(16)13-18/h7-13H,3-6,14H2,1-2H3/b10-7+. The van der Waals surface area contributed by atoms with Gasteiger partial charge >= 0.3 is 5.97 Å². The molecule has 0 amide bonds. The number of hydrogen-bond donors (Lipinski definition) is 0. The third kappa shape index (κ3) is 5.18. The Bertz CT molecular complexity index is 949. The van der Waals surface area contributed by atoms with Gasteiger partial charge in [-0.3, -0.25) is 4.79 Å². The van der Waals surface area contributed by atoms with E-state index < -0.39 is 5.97 Å². The first-order valence-corrected chi connectivity index (χ1v) is 9.89. The Kier molecular flexibility index (Phi) is 6.94. The Morgan fingerprint density at radius 2 is 1.93 bits per heavy atom. The fourth-order valence-electron chi connectivity index (χ4n) is 3.32. The topological polar surface area (TPSA) is 61.8 Å². The quantitative estimate of drug-likeness (QED) is 0.356. The predicted molar refractivity (Wildman–Crippen MR) is 112 cm³/mol. The molecule has 0 aromatic heterocycles. The van der Waals surface area contributed by atoms with E-state index in [9.17, 15) is 9.59 Å². The molecule has 0 saturated carbocycles. The molecule has 0 N–H and O–H groups in total. The molecular weight excluding hydrogens is 392 g/mol. The summed E-state index contributed by atoms with van der Waals surface area (Å²) in [7, 11) is 1.51. The molecule has 5 nitrogen and oxygen atoms in total. The van der Waals surface area contributed by atoms with Crippen LogP contribution < -0.4 is 9.47 Å². The van der Waals surface area contributed by atoms with Gasteiger partial charge in [0.2, 0.25) is 0 Å². The number of carbonyl (C=O) groups excluding carboxylic acids is 2. The highest BCUT2D eigenvalue weighted by Gasteiger charge is 2.15. The van der Waals surface area contributed by atoms with E-state index in [2.05, 4.69) is 0 Å². The molecule has 2 aromatic rings. The molecule has 1 aliphatic carbocycles. The number of carbonyl (C=O) groups is 2. The van der Waals surface area contributed by atoms with Gasteiger partial charge in [0.05, 0.1) is 18.7 Å². The maximum absolute atomic E-state index is 12.3. The summed E-state index contributed by atoms with van der Waals surface area (Å²) >= 11 is 6.20. The Hall–Kier alpha value is -2.79. The van der Waals surface area contributed by atoms with Crippen LogP contribution in [0.5, 0.6) is 11.5 Å². The first-order valence-electron chi connectivity index (χ1n) is 9.52. The largest absolute Gasteiger partial charge is 0.491 e. The monoisotopic (exact) mass is 414 g/mol. The fourth-order valence-corrected chi connectivity index (χ4v) is 3.62. The smallest absolute Gasteiger partial charge is 0.331 e. The van der Waals surface area contributed by atoms with Crippen LogP contribution >= 0.6 is 11.6 Å². The van der Waals surface area contributed by atoms with Gasteiger partial charge in [0, 0.05) is 11.6 Å². The van der Waals surface area contributed by atoms with E-state index in [1.54, 1.807) is 24.3 Å². The van der Waals surface area contributed by atoms with E-state index in [1.165, 1.54) is 24.3 Å². The van der Waals surface area contributed by atoms with Crippen molar-refractivity contribution in [1.82, 2.24) is 0 Å². The number of halogens is 1. The Labute approximate surface area is 175 Å². The normalized spacial score (nSPS) is 12.7. The molecular formula is C23H23ClO5. The van der Waals surface area contributed by atoms with E-state index in [0.29, 0.717) is 34.3 Å². The number of methoxy groups -OCH3 is 1. The van der Waals surface area contributed by atoms with Gasteiger partial charge in [-0.15, -0.1) is 0 Å². The summed E-state index contributed by atoms with van der Waals surface area (Å²) in [6, 6.07) is 9.06. The lowest BCUT2D eigenvalue weighted by atomic mass is 10.0. The summed E-state index contributed by atoms with van der Waals surface area (Å²) < 4.78 is 15.8. The van der Waals surface area contributed by atoms with Crippen LogP contribution in [0.1, 0.15) is 40.4 Å². The molecule has 0 heterocycles. The van der Waals surface area contributed by atoms with Crippen LogP contribution in [0.15, 0.2) is 36.4 Å². The highest BCUT2D eigenvalue weighted by atomic mass is 35.5. The van der Waals surface area contributed by atoms with Crippen molar-refractivity contribution in [3.8, 4) is 11.5 Å². The molecule has 0 saturated heterocycles. The van der Waals surface area contributed by atoms with Crippen molar-refractivity contribution in [2.45, 2.75) is 26.2 Å². The zero-order chi connectivity index (χ0) is 20.8. The van der Waals surface area contributed by atoms with Gasteiger partial charge in [0.15, 0.2) is 23.9 Å². The molecule has 3 rings (SSSR count). The molecule has 152 valence electrons. The zero-order valence-electron chi connectivity index (χ0n) is 16.5. The zero-order valence-corrected chi connectivity index (χ0v) is 17.3. The summed E-state index contributed by atoms with van der Waals surface area (Å²) in [5, 5.41) is 0.373. The van der Waals surface area contributed by atoms with Crippen molar-refractivity contribution in [1.29, 1.82) is 0 Å². The Morgan fingerprint density at radius 1 is 1.14 bits per heavy atom. The summed E-state index contributed by atoms with van der Waals surface area (Å²) in [6.45, 7) is 2.01. The van der Waals surface area contributed by atoms with Gasteiger partial charge in [-0.05, 0) is 67.2 Å². The van der Waals surface area contributed by atoms with Crippen molar-refractivity contribution >= 4 is 29.4 Å². The van der Waals surface area contributed by atoms with Crippen LogP contribution in [0.4, 0.5) is 0 Å². The third-order valence-electron chi connectivity index (χ3n) is 4.71. The second-order valence-corrected chi connectivity index (χ2v) is 7.08. The maximum atomic E-state index is 12.3. The van der Waals surface area contributed by atoms with E-state index >= 15 is 0 Å². The average Bonchev–Trinajstić information content (AvgIpc) is 3.18. The number of benzene rings is 2. The maximum Gasteiger partial charge on any atom is 0.331 e. The van der Waals surface area contributed by atoms with Crippen LogP contribution in [0.2, 0.25) is 5.02 Å². The number of aryl methyl sites for hydroxylation is 2. The molecule has 0 fully saturated rings. The number of ketones is 1. The molecule has 0 bridgehead atoms. The van der Waals surface area contributed by atoms with Gasteiger partial charge in [-0.25, -0.2) is 4.79 Å². The molecule has 6 heteroatoms. The van der Waals surface area contributed by atoms with Gasteiger partial charge in [-0.1, -0.05) is 23.7 Å². The second-order valence-electron chi connectivity index (χ2n) is 6.67. The summed E-state index contributed by atoms with van der Waals surface area (Å²) in [5.74, 6) is 0.104. The Balaban J connectivity index is 1.60. The van der Waals surface area contributed by atoms with E-state index in [1.807, 2.05) is 19.1 Å². The van der Waals surface area contributed by atoms with Crippen LogP contribution in [0, 0.1) is 0 Å². The van der Waals surface area contributed by atoms with Crippen LogP contribution in [-0.2, 0) is 22.4 Å². The molecule has 0 atom stereocenters. The molecule has 2 aromatic carbocycles. The van der Waals surface area contributed by atoms with E-state index in [0.717, 1.165) is 19.3 Å². The van der Waals surface area contributed by atoms with Crippen molar-refractivity contribution in [3.63, 3.8) is 0 Å². The third-order valence-corrected chi connectivity index (χ3v) is 4.99. The van der Waals surface area contributed by atoms with Gasteiger partial charge < -0.3 is 14.2 Å². The number of fused-ring (bicyclic) bond motifs is 1. The fraction of sp³-hybridized carbons (Fsp3) is 0.304. The average molecular weight is 415 g/mol. The predicted octanol–water partition coefficient (Wildman–Crippen LogP) is 4.68. The molecule has 1 aliphatic rings. The lowest BCUT2D eigenvalue weighted by Crippen LogP contribution is -2.12. The van der Waals surface area contributed by atoms with Gasteiger partial charge in [0.25, 0.3) is 0 Å². The number of esters is 1.